The zero-order valence-electron chi connectivity index (χ0n) is 13.7. The van der Waals surface area contributed by atoms with Crippen molar-refractivity contribution in [2.45, 2.75) is 18.7 Å². The van der Waals surface area contributed by atoms with Crippen LogP contribution in [-0.2, 0) is 0 Å². The average Bonchev–Trinajstić information content (AvgIpc) is 3.31. The highest BCUT2D eigenvalue weighted by Gasteiger charge is 2.41. The summed E-state index contributed by atoms with van der Waals surface area (Å²) in [4.78, 5) is 1.11. The Morgan fingerprint density at radius 3 is 2.88 bits per heavy atom. The molecule has 5 rings (SSSR count). The van der Waals surface area contributed by atoms with Crippen LogP contribution in [0.1, 0.15) is 34.7 Å². The molecule has 1 aromatic heterocycles. The van der Waals surface area contributed by atoms with Crippen molar-refractivity contribution in [1.29, 1.82) is 0 Å². The first-order valence-corrected chi connectivity index (χ1v) is 9.59. The molecule has 2 aromatic carbocycles. The topological polar surface area (TPSA) is 45.1 Å². The van der Waals surface area contributed by atoms with Gasteiger partial charge in [-0.2, -0.15) is 5.10 Å². The third kappa shape index (κ3) is 2.55. The highest BCUT2D eigenvalue weighted by atomic mass is 35.5. The number of nitrogens with zero attached hydrogens (tertiary/aromatic N) is 2. The van der Waals surface area contributed by atoms with E-state index in [1.807, 2.05) is 46.8 Å². The van der Waals surface area contributed by atoms with E-state index < -0.39 is 0 Å². The summed E-state index contributed by atoms with van der Waals surface area (Å²) in [7, 11) is 0. The van der Waals surface area contributed by atoms with Crippen molar-refractivity contribution < 1.29 is 9.84 Å². The molecule has 0 bridgehead atoms. The number of hydrogen-bond acceptors (Lipinski definition) is 5. The Bertz CT molecular complexity index is 1000. The summed E-state index contributed by atoms with van der Waals surface area (Å²) >= 11 is 7.89. The number of halogens is 1. The monoisotopic (exact) mass is 382 g/mol. The number of hydrazone groups is 1. The fourth-order valence-corrected chi connectivity index (χ4v) is 4.46. The van der Waals surface area contributed by atoms with Crippen LogP contribution < -0.4 is 4.74 Å². The second-order valence-corrected chi connectivity index (χ2v) is 7.78. The molecule has 0 saturated heterocycles. The minimum absolute atomic E-state index is 0.0573. The summed E-state index contributed by atoms with van der Waals surface area (Å²) in [6.45, 7) is 0. The molecule has 2 aliphatic rings. The third-order valence-corrected chi connectivity index (χ3v) is 5.86. The second-order valence-electron chi connectivity index (χ2n) is 6.36. The molecule has 3 aromatic rings. The molecule has 0 fully saturated rings. The van der Waals surface area contributed by atoms with Gasteiger partial charge < -0.3 is 9.84 Å². The fraction of sp³-hybridized carbons (Fsp3) is 0.150. The van der Waals surface area contributed by atoms with Crippen LogP contribution in [0.2, 0.25) is 5.02 Å². The van der Waals surface area contributed by atoms with Crippen LogP contribution in [-0.4, -0.2) is 15.8 Å². The summed E-state index contributed by atoms with van der Waals surface area (Å²) in [5.74, 6) is 1.09. The van der Waals surface area contributed by atoms with Crippen LogP contribution >= 0.6 is 22.9 Å². The van der Waals surface area contributed by atoms with Gasteiger partial charge in [0.25, 0.3) is 0 Å². The molecule has 2 atom stereocenters. The zero-order chi connectivity index (χ0) is 17.7. The maximum absolute atomic E-state index is 9.82. The Morgan fingerprint density at radius 1 is 1.15 bits per heavy atom. The molecule has 0 aliphatic carbocycles. The van der Waals surface area contributed by atoms with E-state index in [1.165, 1.54) is 0 Å². The predicted molar refractivity (Wildman–Crippen MR) is 103 cm³/mol. The average molecular weight is 383 g/mol. The van der Waals surface area contributed by atoms with Crippen LogP contribution in [0.5, 0.6) is 11.5 Å². The number of phenolic OH excluding ortho intramolecular Hbond substituents is 1. The predicted octanol–water partition coefficient (Wildman–Crippen LogP) is 5.35. The van der Waals surface area contributed by atoms with Crippen molar-refractivity contribution in [2.75, 3.05) is 0 Å². The first-order valence-electron chi connectivity index (χ1n) is 8.34. The summed E-state index contributed by atoms with van der Waals surface area (Å²) in [6.07, 6.45) is 0.477. The summed E-state index contributed by atoms with van der Waals surface area (Å²) < 4.78 is 6.27. The van der Waals surface area contributed by atoms with Gasteiger partial charge >= 0.3 is 0 Å². The van der Waals surface area contributed by atoms with Crippen LogP contribution in [0.4, 0.5) is 0 Å². The molecule has 0 spiro atoms. The van der Waals surface area contributed by atoms with Gasteiger partial charge in [0.1, 0.15) is 11.5 Å². The molecule has 4 nitrogen and oxygen atoms in total. The molecule has 2 aliphatic heterocycles. The maximum atomic E-state index is 9.82. The standard InChI is InChI=1S/C20H15ClN2O2S/c21-13-6-7-18-15(10-13)17-11-16(12-3-1-4-14(24)9-12)22-23(17)20(25-18)19-5-2-8-26-19/h1-10,17,20,24H,11H2/t17-,20+/m0/s1. The molecule has 0 radical (unpaired) electrons. The third-order valence-electron chi connectivity index (χ3n) is 4.72. The molecule has 1 N–H and O–H groups in total. The highest BCUT2D eigenvalue weighted by Crippen LogP contribution is 2.48. The van der Waals surface area contributed by atoms with Gasteiger partial charge in [0, 0.05) is 22.6 Å². The van der Waals surface area contributed by atoms with Gasteiger partial charge in [-0.25, -0.2) is 5.01 Å². The molecule has 130 valence electrons. The fourth-order valence-electron chi connectivity index (χ4n) is 3.54. The summed E-state index contributed by atoms with van der Waals surface area (Å²) in [6, 6.07) is 17.1. The van der Waals surface area contributed by atoms with Gasteiger partial charge in [0.15, 0.2) is 0 Å². The molecular weight excluding hydrogens is 368 g/mol. The SMILES string of the molecule is Oc1cccc(C2=NN3[C@@H](c4cccs4)Oc4ccc(Cl)cc4[C@@H]3C2)c1. The number of ether oxygens (including phenoxy) is 1. The number of phenols is 1. The Morgan fingerprint density at radius 2 is 2.08 bits per heavy atom. The van der Waals surface area contributed by atoms with E-state index in [2.05, 4.69) is 6.07 Å². The van der Waals surface area contributed by atoms with E-state index in [-0.39, 0.29) is 18.0 Å². The maximum Gasteiger partial charge on any atom is 0.222 e. The number of fused-ring (bicyclic) bond motifs is 3. The number of hydrogen-bond donors (Lipinski definition) is 1. The first-order chi connectivity index (χ1) is 12.7. The largest absolute Gasteiger partial charge is 0.508 e. The Labute approximate surface area is 159 Å². The minimum atomic E-state index is -0.261. The smallest absolute Gasteiger partial charge is 0.222 e. The summed E-state index contributed by atoms with van der Waals surface area (Å²) in [5, 5.41) is 19.4. The van der Waals surface area contributed by atoms with Gasteiger partial charge in [-0.3, -0.25) is 0 Å². The quantitative estimate of drug-likeness (QED) is 0.649. The normalized spacial score (nSPS) is 21.0. The molecule has 0 unspecified atom stereocenters. The second kappa shape index (κ2) is 6.04. The van der Waals surface area contributed by atoms with E-state index in [0.29, 0.717) is 5.02 Å². The molecule has 3 heterocycles. The van der Waals surface area contributed by atoms with Gasteiger partial charge in [0.05, 0.1) is 16.6 Å². The van der Waals surface area contributed by atoms with Crippen molar-refractivity contribution in [3.63, 3.8) is 0 Å². The lowest BCUT2D eigenvalue weighted by molar-refractivity contribution is -0.0165. The lowest BCUT2D eigenvalue weighted by Gasteiger charge is -2.37. The highest BCUT2D eigenvalue weighted by molar-refractivity contribution is 7.10. The lowest BCUT2D eigenvalue weighted by Crippen LogP contribution is -2.33. The van der Waals surface area contributed by atoms with Crippen LogP contribution in [0.3, 0.4) is 0 Å². The number of thiophene rings is 1. The van der Waals surface area contributed by atoms with Crippen LogP contribution in [0.25, 0.3) is 0 Å². The van der Waals surface area contributed by atoms with Crippen LogP contribution in [0.15, 0.2) is 65.1 Å². The molecule has 0 saturated carbocycles. The Balaban J connectivity index is 1.61. The Hall–Kier alpha value is -2.50. The van der Waals surface area contributed by atoms with E-state index >= 15 is 0 Å². The van der Waals surface area contributed by atoms with Crippen LogP contribution in [0, 0.1) is 0 Å². The van der Waals surface area contributed by atoms with Crippen molar-refractivity contribution in [3.8, 4) is 11.5 Å². The molecule has 6 heteroatoms. The molecule has 26 heavy (non-hydrogen) atoms. The number of rotatable bonds is 2. The number of aromatic hydroxyl groups is 1. The van der Waals surface area contributed by atoms with Crippen molar-refractivity contribution in [3.05, 3.63) is 81.0 Å². The number of benzene rings is 2. The zero-order valence-corrected chi connectivity index (χ0v) is 15.2. The van der Waals surface area contributed by atoms with Crippen molar-refractivity contribution in [1.82, 2.24) is 5.01 Å². The Kier molecular flexibility index (Phi) is 3.65. The van der Waals surface area contributed by atoms with E-state index in [1.54, 1.807) is 23.5 Å². The van der Waals surface area contributed by atoms with Gasteiger partial charge in [-0.15, -0.1) is 11.3 Å². The van der Waals surface area contributed by atoms with Gasteiger partial charge in [-0.1, -0.05) is 29.8 Å². The van der Waals surface area contributed by atoms with E-state index in [0.717, 1.165) is 33.9 Å². The van der Waals surface area contributed by atoms with E-state index in [9.17, 15) is 5.11 Å². The van der Waals surface area contributed by atoms with Crippen molar-refractivity contribution in [2.24, 2.45) is 5.10 Å². The van der Waals surface area contributed by atoms with E-state index in [4.69, 9.17) is 21.4 Å². The first kappa shape index (κ1) is 15.7. The molecule has 0 amide bonds. The van der Waals surface area contributed by atoms with Crippen molar-refractivity contribution >= 4 is 28.6 Å². The van der Waals surface area contributed by atoms with Gasteiger partial charge in [-0.05, 0) is 41.8 Å². The summed E-state index contributed by atoms with van der Waals surface area (Å²) in [5.41, 5.74) is 2.90. The molecular formula is C20H15ClN2O2S. The lowest BCUT2D eigenvalue weighted by atomic mass is 9.96. The minimum Gasteiger partial charge on any atom is -0.508 e. The van der Waals surface area contributed by atoms with Gasteiger partial charge in [0.2, 0.25) is 6.23 Å².